The molecule has 2 N–H and O–H groups in total. The van der Waals surface area contributed by atoms with Crippen molar-refractivity contribution in [3.8, 4) is 0 Å². The molecule has 2 rings (SSSR count). The zero-order valence-electron chi connectivity index (χ0n) is 10.2. The lowest BCUT2D eigenvalue weighted by molar-refractivity contribution is -0.149. The number of hydrogen-bond acceptors (Lipinski definition) is 5. The summed E-state index contributed by atoms with van der Waals surface area (Å²) in [6.07, 6.45) is 2.89. The lowest BCUT2D eigenvalue weighted by atomic mass is 10.2. The SMILES string of the molecule is CCOC(=O)C1CNCCN1C(=O)c1cnc[nH]1. The molecule has 1 aromatic rings. The fraction of sp³-hybridized carbons (Fsp3) is 0.545. The van der Waals surface area contributed by atoms with E-state index in [-0.39, 0.29) is 11.9 Å². The van der Waals surface area contributed by atoms with Crippen LogP contribution in [0.2, 0.25) is 0 Å². The molecule has 1 aromatic heterocycles. The zero-order valence-corrected chi connectivity index (χ0v) is 10.2. The van der Waals surface area contributed by atoms with Crippen molar-refractivity contribution < 1.29 is 14.3 Å². The summed E-state index contributed by atoms with van der Waals surface area (Å²) in [5.74, 6) is -0.607. The third-order valence-electron chi connectivity index (χ3n) is 2.79. The van der Waals surface area contributed by atoms with E-state index in [1.807, 2.05) is 0 Å². The van der Waals surface area contributed by atoms with Crippen molar-refractivity contribution in [2.24, 2.45) is 0 Å². The summed E-state index contributed by atoms with van der Waals surface area (Å²) in [5, 5.41) is 3.08. The molecule has 0 spiro atoms. The van der Waals surface area contributed by atoms with E-state index in [9.17, 15) is 9.59 Å². The molecule has 1 aliphatic heterocycles. The van der Waals surface area contributed by atoms with Crippen LogP contribution in [0.15, 0.2) is 12.5 Å². The number of carbonyl (C=O) groups excluding carboxylic acids is 2. The molecular formula is C11H16N4O3. The Labute approximate surface area is 105 Å². The van der Waals surface area contributed by atoms with Crippen molar-refractivity contribution in [1.82, 2.24) is 20.2 Å². The van der Waals surface area contributed by atoms with Crippen LogP contribution in [-0.4, -0.2) is 59.0 Å². The topological polar surface area (TPSA) is 87.3 Å². The van der Waals surface area contributed by atoms with Gasteiger partial charge in [0, 0.05) is 19.6 Å². The Hall–Kier alpha value is -1.89. The van der Waals surface area contributed by atoms with E-state index in [0.717, 1.165) is 0 Å². The Kier molecular flexibility index (Phi) is 3.93. The van der Waals surface area contributed by atoms with E-state index in [4.69, 9.17) is 4.74 Å². The zero-order chi connectivity index (χ0) is 13.0. The van der Waals surface area contributed by atoms with E-state index in [1.165, 1.54) is 17.4 Å². The number of rotatable bonds is 3. The highest BCUT2D eigenvalue weighted by atomic mass is 16.5. The average Bonchev–Trinajstić information content (AvgIpc) is 2.92. The molecule has 1 unspecified atom stereocenters. The van der Waals surface area contributed by atoms with Gasteiger partial charge in [0.15, 0.2) is 0 Å². The molecule has 1 amide bonds. The van der Waals surface area contributed by atoms with Gasteiger partial charge in [-0.1, -0.05) is 0 Å². The normalized spacial score (nSPS) is 19.6. The number of aromatic nitrogens is 2. The Morgan fingerprint density at radius 3 is 3.11 bits per heavy atom. The maximum atomic E-state index is 12.2. The highest BCUT2D eigenvalue weighted by Gasteiger charge is 2.33. The lowest BCUT2D eigenvalue weighted by Crippen LogP contribution is -2.57. The smallest absolute Gasteiger partial charge is 0.330 e. The summed E-state index contributed by atoms with van der Waals surface area (Å²) in [6, 6.07) is -0.575. The fourth-order valence-corrected chi connectivity index (χ4v) is 1.92. The fourth-order valence-electron chi connectivity index (χ4n) is 1.92. The van der Waals surface area contributed by atoms with Gasteiger partial charge in [-0.05, 0) is 6.92 Å². The summed E-state index contributed by atoms with van der Waals surface area (Å²) in [4.78, 5) is 32.1. The number of nitrogens with one attached hydrogen (secondary N) is 2. The van der Waals surface area contributed by atoms with E-state index < -0.39 is 6.04 Å². The minimum Gasteiger partial charge on any atom is -0.464 e. The Bertz CT molecular complexity index is 418. The second kappa shape index (κ2) is 5.63. The summed E-state index contributed by atoms with van der Waals surface area (Å²) in [5.41, 5.74) is 0.381. The van der Waals surface area contributed by atoms with Crippen molar-refractivity contribution in [3.05, 3.63) is 18.2 Å². The third kappa shape index (κ3) is 2.51. The molecule has 7 heteroatoms. The highest BCUT2D eigenvalue weighted by molar-refractivity contribution is 5.95. The Balaban J connectivity index is 2.12. The van der Waals surface area contributed by atoms with Crippen molar-refractivity contribution in [2.75, 3.05) is 26.2 Å². The molecule has 1 fully saturated rings. The third-order valence-corrected chi connectivity index (χ3v) is 2.79. The van der Waals surface area contributed by atoms with Gasteiger partial charge >= 0.3 is 5.97 Å². The number of imidazole rings is 1. The summed E-state index contributed by atoms with van der Waals surface area (Å²) < 4.78 is 4.98. The van der Waals surface area contributed by atoms with Crippen molar-refractivity contribution in [1.29, 1.82) is 0 Å². The summed E-state index contributed by atoms with van der Waals surface area (Å²) >= 11 is 0. The van der Waals surface area contributed by atoms with Crippen LogP contribution in [0.4, 0.5) is 0 Å². The molecule has 7 nitrogen and oxygen atoms in total. The number of amides is 1. The monoisotopic (exact) mass is 252 g/mol. The van der Waals surface area contributed by atoms with Gasteiger partial charge in [0.1, 0.15) is 11.7 Å². The van der Waals surface area contributed by atoms with Crippen LogP contribution in [-0.2, 0) is 9.53 Å². The van der Waals surface area contributed by atoms with Gasteiger partial charge in [-0.2, -0.15) is 0 Å². The van der Waals surface area contributed by atoms with Crippen molar-refractivity contribution in [2.45, 2.75) is 13.0 Å². The number of nitrogens with zero attached hydrogens (tertiary/aromatic N) is 2. The van der Waals surface area contributed by atoms with Crippen molar-refractivity contribution in [3.63, 3.8) is 0 Å². The predicted molar refractivity (Wildman–Crippen MR) is 62.9 cm³/mol. The Morgan fingerprint density at radius 2 is 2.44 bits per heavy atom. The maximum absolute atomic E-state index is 12.2. The molecule has 0 aliphatic carbocycles. The number of H-pyrrole nitrogens is 1. The second-order valence-corrected chi connectivity index (χ2v) is 3.94. The minimum absolute atomic E-state index is 0.230. The average molecular weight is 252 g/mol. The molecule has 0 radical (unpaired) electrons. The van der Waals surface area contributed by atoms with Crippen LogP contribution in [0.1, 0.15) is 17.4 Å². The minimum atomic E-state index is -0.575. The van der Waals surface area contributed by atoms with E-state index in [1.54, 1.807) is 6.92 Å². The molecule has 18 heavy (non-hydrogen) atoms. The first-order chi connectivity index (χ1) is 8.74. The van der Waals surface area contributed by atoms with Gasteiger partial charge < -0.3 is 19.9 Å². The largest absolute Gasteiger partial charge is 0.464 e. The Morgan fingerprint density at radius 1 is 1.61 bits per heavy atom. The van der Waals surface area contributed by atoms with Gasteiger partial charge in [-0.15, -0.1) is 0 Å². The van der Waals surface area contributed by atoms with Crippen LogP contribution in [0.5, 0.6) is 0 Å². The number of hydrogen-bond donors (Lipinski definition) is 2. The maximum Gasteiger partial charge on any atom is 0.330 e. The van der Waals surface area contributed by atoms with Crippen LogP contribution in [0.3, 0.4) is 0 Å². The quantitative estimate of drug-likeness (QED) is 0.700. The van der Waals surface area contributed by atoms with Gasteiger partial charge in [-0.3, -0.25) is 4.79 Å². The predicted octanol–water partition coefficient (Wildman–Crippen LogP) is -0.613. The number of esters is 1. The van der Waals surface area contributed by atoms with E-state index in [0.29, 0.717) is 31.9 Å². The molecule has 1 saturated heterocycles. The van der Waals surface area contributed by atoms with Crippen LogP contribution in [0.25, 0.3) is 0 Å². The first-order valence-electron chi connectivity index (χ1n) is 5.90. The van der Waals surface area contributed by atoms with Crippen molar-refractivity contribution >= 4 is 11.9 Å². The van der Waals surface area contributed by atoms with Gasteiger partial charge in [0.05, 0.1) is 19.1 Å². The first kappa shape index (κ1) is 12.6. The second-order valence-electron chi connectivity index (χ2n) is 3.94. The first-order valence-corrected chi connectivity index (χ1v) is 5.90. The molecule has 0 saturated carbocycles. The molecule has 0 bridgehead atoms. The molecule has 0 aromatic carbocycles. The van der Waals surface area contributed by atoms with E-state index in [2.05, 4.69) is 15.3 Å². The van der Waals surface area contributed by atoms with Gasteiger partial charge in [0.2, 0.25) is 0 Å². The highest BCUT2D eigenvalue weighted by Crippen LogP contribution is 2.10. The molecular weight excluding hydrogens is 236 g/mol. The molecule has 98 valence electrons. The summed E-state index contributed by atoms with van der Waals surface area (Å²) in [7, 11) is 0. The van der Waals surface area contributed by atoms with Crippen LogP contribution < -0.4 is 5.32 Å². The number of ether oxygens (including phenoxy) is 1. The summed E-state index contributed by atoms with van der Waals surface area (Å²) in [6.45, 7) is 3.60. The molecule has 1 aliphatic rings. The standard InChI is InChI=1S/C11H16N4O3/c1-2-18-11(17)9-6-12-3-4-15(9)10(16)8-5-13-7-14-8/h5,7,9,12H,2-4,6H2,1H3,(H,13,14). The van der Waals surface area contributed by atoms with Crippen LogP contribution >= 0.6 is 0 Å². The molecule has 1 atom stereocenters. The lowest BCUT2D eigenvalue weighted by Gasteiger charge is -2.34. The van der Waals surface area contributed by atoms with Gasteiger partial charge in [0.25, 0.3) is 5.91 Å². The van der Waals surface area contributed by atoms with Crippen LogP contribution in [0, 0.1) is 0 Å². The number of piperazine rings is 1. The number of carbonyl (C=O) groups is 2. The number of aromatic amines is 1. The van der Waals surface area contributed by atoms with Gasteiger partial charge in [-0.25, -0.2) is 9.78 Å². The molecule has 2 heterocycles. The van der Waals surface area contributed by atoms with E-state index >= 15 is 0 Å².